The fourth-order valence-corrected chi connectivity index (χ4v) is 1.72. The average molecular weight is 297 g/mol. The maximum atomic E-state index is 11.0. The third-order valence-corrected chi connectivity index (χ3v) is 2.72. The molecule has 22 heavy (non-hydrogen) atoms. The monoisotopic (exact) mass is 297 g/mol. The fraction of sp³-hybridized carbons (Fsp3) is 0.133. The highest BCUT2D eigenvalue weighted by atomic mass is 16.6. The molecule has 7 heteroatoms. The van der Waals surface area contributed by atoms with Gasteiger partial charge in [0.1, 0.15) is 5.69 Å². The number of hydrogen-bond acceptors (Lipinski definition) is 5. The first-order valence-electron chi connectivity index (χ1n) is 6.58. The number of anilines is 1. The zero-order valence-corrected chi connectivity index (χ0v) is 12.2. The number of azo groups is 1. The van der Waals surface area contributed by atoms with Crippen LogP contribution in [0.4, 0.5) is 11.4 Å². The van der Waals surface area contributed by atoms with E-state index in [1.54, 1.807) is 24.3 Å². The van der Waals surface area contributed by atoms with Crippen molar-refractivity contribution in [3.8, 4) is 0 Å². The summed E-state index contributed by atoms with van der Waals surface area (Å²) in [7, 11) is 0. The van der Waals surface area contributed by atoms with Gasteiger partial charge in [-0.1, -0.05) is 29.4 Å². The Morgan fingerprint density at radius 1 is 1.09 bits per heavy atom. The van der Waals surface area contributed by atoms with E-state index >= 15 is 0 Å². The molecule has 0 radical (unpaired) electrons. The van der Waals surface area contributed by atoms with Crippen LogP contribution in [0, 0.1) is 24.0 Å². The average Bonchev–Trinajstić information content (AvgIpc) is 2.47. The molecular formula is C15H15N5O2. The highest BCUT2D eigenvalue weighted by molar-refractivity contribution is 5.73. The van der Waals surface area contributed by atoms with Gasteiger partial charge in [-0.2, -0.15) is 0 Å². The summed E-state index contributed by atoms with van der Waals surface area (Å²) < 4.78 is 0. The summed E-state index contributed by atoms with van der Waals surface area (Å²) >= 11 is 0. The van der Waals surface area contributed by atoms with Crippen LogP contribution in [0.1, 0.15) is 11.1 Å². The lowest BCUT2D eigenvalue weighted by atomic mass is 10.2. The highest BCUT2D eigenvalue weighted by Gasteiger charge is 2.12. The molecule has 0 heterocycles. The highest BCUT2D eigenvalue weighted by Crippen LogP contribution is 2.14. The van der Waals surface area contributed by atoms with Gasteiger partial charge in [0.25, 0.3) is 0 Å². The number of hydrogen-bond donors (Lipinski definition) is 1. The number of aryl methyl sites for hydroxylation is 2. The van der Waals surface area contributed by atoms with Gasteiger partial charge in [-0.05, 0) is 54.2 Å². The van der Waals surface area contributed by atoms with Crippen molar-refractivity contribution in [2.45, 2.75) is 13.8 Å². The smallest absolute Gasteiger partial charge is 0.390 e. The Morgan fingerprint density at radius 3 is 2.41 bits per heavy atom. The molecule has 0 unspecified atom stereocenters. The normalized spacial score (nSPS) is 11.6. The van der Waals surface area contributed by atoms with Crippen LogP contribution >= 0.6 is 0 Å². The van der Waals surface area contributed by atoms with E-state index in [0.29, 0.717) is 11.4 Å². The number of nitrogens with zero attached hydrogens (tertiary/aromatic N) is 4. The van der Waals surface area contributed by atoms with Crippen LogP contribution < -0.4 is 5.43 Å². The van der Waals surface area contributed by atoms with Gasteiger partial charge in [-0.25, -0.2) is 5.43 Å². The van der Waals surface area contributed by atoms with Crippen LogP contribution in [-0.4, -0.2) is 10.9 Å². The molecule has 0 fully saturated rings. The van der Waals surface area contributed by atoms with Crippen molar-refractivity contribution >= 4 is 17.3 Å². The Kier molecular flexibility index (Phi) is 4.92. The Labute approximate surface area is 127 Å². The van der Waals surface area contributed by atoms with Crippen molar-refractivity contribution < 1.29 is 4.92 Å². The molecule has 2 rings (SSSR count). The Bertz CT molecular complexity index is 740. The SMILES string of the molecule is Cc1cccc(N=N/C(=N\Nc2cccc(C)c2)[N+](=O)[O-])c1. The third-order valence-electron chi connectivity index (χ3n) is 2.72. The molecule has 0 aliphatic carbocycles. The molecule has 0 atom stereocenters. The molecule has 0 saturated heterocycles. The second-order valence-electron chi connectivity index (χ2n) is 4.69. The first-order valence-corrected chi connectivity index (χ1v) is 6.58. The first kappa shape index (κ1) is 15.3. The van der Waals surface area contributed by atoms with Crippen molar-refractivity contribution in [1.29, 1.82) is 0 Å². The van der Waals surface area contributed by atoms with Crippen LogP contribution in [-0.2, 0) is 0 Å². The van der Waals surface area contributed by atoms with Gasteiger partial charge in [0.15, 0.2) is 0 Å². The number of rotatable bonds is 3. The maximum absolute atomic E-state index is 11.0. The fourth-order valence-electron chi connectivity index (χ4n) is 1.72. The first-order chi connectivity index (χ1) is 10.5. The second kappa shape index (κ2) is 7.07. The summed E-state index contributed by atoms with van der Waals surface area (Å²) in [4.78, 5) is 10.3. The number of guanidine groups is 1. The van der Waals surface area contributed by atoms with Gasteiger partial charge in [0.05, 0.1) is 10.8 Å². The third kappa shape index (κ3) is 4.48. The lowest BCUT2D eigenvalue weighted by Gasteiger charge is -1.98. The summed E-state index contributed by atoms with van der Waals surface area (Å²) in [5.74, 6) is -0.608. The number of benzene rings is 2. The molecule has 0 aliphatic heterocycles. The van der Waals surface area contributed by atoms with Gasteiger partial charge in [-0.15, -0.1) is 0 Å². The quantitative estimate of drug-likeness (QED) is 0.304. The van der Waals surface area contributed by atoms with Gasteiger partial charge in [-0.3, -0.25) is 0 Å². The number of nitrogens with one attached hydrogen (secondary N) is 1. The van der Waals surface area contributed by atoms with Crippen molar-refractivity contribution in [2.75, 3.05) is 5.43 Å². The molecule has 112 valence electrons. The molecule has 2 aromatic carbocycles. The zero-order chi connectivity index (χ0) is 15.9. The van der Waals surface area contributed by atoms with Crippen LogP contribution in [0.25, 0.3) is 0 Å². The van der Waals surface area contributed by atoms with Crippen molar-refractivity contribution in [1.82, 2.24) is 0 Å². The van der Waals surface area contributed by atoms with Gasteiger partial charge in [0.2, 0.25) is 0 Å². The number of nitro groups is 1. The molecular weight excluding hydrogens is 282 g/mol. The molecule has 0 saturated carbocycles. The van der Waals surface area contributed by atoms with Crippen LogP contribution in [0.2, 0.25) is 0 Å². The van der Waals surface area contributed by atoms with E-state index in [9.17, 15) is 10.1 Å². The molecule has 1 N–H and O–H groups in total. The minimum absolute atomic E-state index is 0.533. The Morgan fingerprint density at radius 2 is 1.77 bits per heavy atom. The molecule has 0 aromatic heterocycles. The zero-order valence-electron chi connectivity index (χ0n) is 12.2. The molecule has 0 amide bonds. The summed E-state index contributed by atoms with van der Waals surface area (Å²) in [5, 5.41) is 22.1. The number of hydrazone groups is 1. The van der Waals surface area contributed by atoms with E-state index in [1.165, 1.54) is 0 Å². The summed E-state index contributed by atoms with van der Waals surface area (Å²) in [5.41, 5.74) is 5.80. The minimum Gasteiger partial charge on any atom is -0.390 e. The lowest BCUT2D eigenvalue weighted by molar-refractivity contribution is -0.352. The summed E-state index contributed by atoms with van der Waals surface area (Å²) in [6.07, 6.45) is 0. The summed E-state index contributed by atoms with van der Waals surface area (Å²) in [6, 6.07) is 14.5. The Hall–Kier alpha value is -3.09. The van der Waals surface area contributed by atoms with E-state index in [1.807, 2.05) is 38.1 Å². The second-order valence-corrected chi connectivity index (χ2v) is 4.69. The predicted octanol–water partition coefficient (Wildman–Crippen LogP) is 4.05. The molecule has 0 aliphatic rings. The van der Waals surface area contributed by atoms with E-state index in [4.69, 9.17) is 0 Å². The van der Waals surface area contributed by atoms with Crippen molar-refractivity contribution in [3.05, 3.63) is 69.8 Å². The maximum Gasteiger partial charge on any atom is 0.511 e. The van der Waals surface area contributed by atoms with Crippen LogP contribution in [0.15, 0.2) is 63.9 Å². The topological polar surface area (TPSA) is 92.2 Å². The standard InChI is InChI=1S/C15H15N5O2/c1-11-5-3-7-13(9-11)16-18-15(20(21)22)19-17-14-8-4-6-12(2)10-14/h3-10,16H,1-2H3/b18-15+,19-17?. The van der Waals surface area contributed by atoms with Gasteiger partial charge in [0, 0.05) is 5.10 Å². The Balaban J connectivity index is 2.16. The molecule has 2 aromatic rings. The van der Waals surface area contributed by atoms with E-state index in [-0.39, 0.29) is 0 Å². The molecule has 0 spiro atoms. The van der Waals surface area contributed by atoms with E-state index in [0.717, 1.165) is 11.1 Å². The van der Waals surface area contributed by atoms with Crippen molar-refractivity contribution in [3.63, 3.8) is 0 Å². The summed E-state index contributed by atoms with van der Waals surface area (Å²) in [6.45, 7) is 3.82. The lowest BCUT2D eigenvalue weighted by Crippen LogP contribution is -2.10. The van der Waals surface area contributed by atoms with Gasteiger partial charge >= 0.3 is 5.96 Å². The minimum atomic E-state index is -0.692. The van der Waals surface area contributed by atoms with Crippen LogP contribution in [0.3, 0.4) is 0 Å². The van der Waals surface area contributed by atoms with Gasteiger partial charge < -0.3 is 10.1 Å². The molecule has 0 bridgehead atoms. The predicted molar refractivity (Wildman–Crippen MR) is 84.9 cm³/mol. The van der Waals surface area contributed by atoms with Crippen LogP contribution in [0.5, 0.6) is 0 Å². The van der Waals surface area contributed by atoms with E-state index in [2.05, 4.69) is 20.8 Å². The largest absolute Gasteiger partial charge is 0.511 e. The van der Waals surface area contributed by atoms with E-state index < -0.39 is 10.9 Å². The van der Waals surface area contributed by atoms with Crippen molar-refractivity contribution in [2.24, 2.45) is 15.3 Å². The molecule has 7 nitrogen and oxygen atoms in total.